The molecule has 0 aliphatic carbocycles. The summed E-state index contributed by atoms with van der Waals surface area (Å²) in [5.41, 5.74) is 3.12. The summed E-state index contributed by atoms with van der Waals surface area (Å²) in [6.45, 7) is 8.87. The highest BCUT2D eigenvalue weighted by atomic mass is 16.2. The monoisotopic (exact) mass is 353 g/mol. The zero-order valence-corrected chi connectivity index (χ0v) is 15.5. The molecule has 136 valence electrons. The maximum absolute atomic E-state index is 11.7. The quantitative estimate of drug-likeness (QED) is 0.779. The minimum absolute atomic E-state index is 0.112. The first-order valence-corrected chi connectivity index (χ1v) is 8.27. The van der Waals surface area contributed by atoms with Crippen molar-refractivity contribution < 1.29 is 9.59 Å². The van der Waals surface area contributed by atoms with Crippen molar-refractivity contribution in [2.24, 2.45) is 0 Å². The molecule has 2 N–H and O–H groups in total. The molecule has 0 radical (unpaired) electrons. The lowest BCUT2D eigenvalue weighted by Crippen LogP contribution is -2.25. The first-order chi connectivity index (χ1) is 12.3. The third-order valence-corrected chi connectivity index (χ3v) is 3.88. The van der Waals surface area contributed by atoms with Gasteiger partial charge >= 0.3 is 0 Å². The topological polar surface area (TPSA) is 87.2 Å². The molecule has 0 fully saturated rings. The SMILES string of the molecule is C=CC(=O)Nc1ccc(C)cc1Nc1ncc(CC)c(N(C)C(C)=O)n1. The zero-order chi connectivity index (χ0) is 19.3. The minimum atomic E-state index is -0.309. The van der Waals surface area contributed by atoms with Gasteiger partial charge in [-0.05, 0) is 37.1 Å². The molecule has 7 nitrogen and oxygen atoms in total. The van der Waals surface area contributed by atoms with E-state index in [2.05, 4.69) is 27.2 Å². The van der Waals surface area contributed by atoms with Gasteiger partial charge in [-0.1, -0.05) is 19.6 Å². The van der Waals surface area contributed by atoms with Crippen LogP contribution in [0.5, 0.6) is 0 Å². The summed E-state index contributed by atoms with van der Waals surface area (Å²) in [4.78, 5) is 33.7. The van der Waals surface area contributed by atoms with Crippen LogP contribution in [-0.4, -0.2) is 28.8 Å². The molecule has 2 aromatic rings. The molecule has 0 saturated carbocycles. The largest absolute Gasteiger partial charge is 0.322 e. The summed E-state index contributed by atoms with van der Waals surface area (Å²) < 4.78 is 0. The van der Waals surface area contributed by atoms with E-state index in [1.807, 2.05) is 26.0 Å². The van der Waals surface area contributed by atoms with Crippen molar-refractivity contribution in [1.29, 1.82) is 0 Å². The average molecular weight is 353 g/mol. The van der Waals surface area contributed by atoms with Crippen molar-refractivity contribution in [3.8, 4) is 0 Å². The van der Waals surface area contributed by atoms with E-state index in [4.69, 9.17) is 0 Å². The van der Waals surface area contributed by atoms with Gasteiger partial charge in [0.1, 0.15) is 5.82 Å². The van der Waals surface area contributed by atoms with Crippen molar-refractivity contribution >= 4 is 35.0 Å². The summed E-state index contributed by atoms with van der Waals surface area (Å²) in [6, 6.07) is 5.56. The molecule has 0 saturated heterocycles. The van der Waals surface area contributed by atoms with Crippen molar-refractivity contribution in [1.82, 2.24) is 9.97 Å². The van der Waals surface area contributed by atoms with Crippen LogP contribution in [0, 0.1) is 6.92 Å². The highest BCUT2D eigenvalue weighted by Crippen LogP contribution is 2.27. The van der Waals surface area contributed by atoms with E-state index >= 15 is 0 Å². The van der Waals surface area contributed by atoms with Crippen LogP contribution < -0.4 is 15.5 Å². The van der Waals surface area contributed by atoms with Crippen LogP contribution in [0.4, 0.5) is 23.1 Å². The molecule has 7 heteroatoms. The number of aryl methyl sites for hydroxylation is 2. The molecule has 0 spiro atoms. The fourth-order valence-electron chi connectivity index (χ4n) is 2.32. The molecule has 0 atom stereocenters. The minimum Gasteiger partial charge on any atom is -0.322 e. The molecule has 2 rings (SSSR count). The number of amides is 2. The second-order valence-corrected chi connectivity index (χ2v) is 5.84. The summed E-state index contributed by atoms with van der Waals surface area (Å²) in [7, 11) is 1.68. The van der Waals surface area contributed by atoms with Gasteiger partial charge in [0, 0.05) is 25.7 Å². The van der Waals surface area contributed by atoms with Crippen molar-refractivity contribution in [3.63, 3.8) is 0 Å². The number of nitrogens with zero attached hydrogens (tertiary/aromatic N) is 3. The van der Waals surface area contributed by atoms with Crippen molar-refractivity contribution in [3.05, 3.63) is 48.2 Å². The van der Waals surface area contributed by atoms with Crippen molar-refractivity contribution in [2.75, 3.05) is 22.6 Å². The Hall–Kier alpha value is -3.22. The van der Waals surface area contributed by atoms with Crippen LogP contribution in [0.3, 0.4) is 0 Å². The third-order valence-electron chi connectivity index (χ3n) is 3.88. The number of hydrogen-bond acceptors (Lipinski definition) is 5. The molecule has 0 aliphatic rings. The van der Waals surface area contributed by atoms with E-state index in [1.54, 1.807) is 19.3 Å². The van der Waals surface area contributed by atoms with E-state index < -0.39 is 0 Å². The highest BCUT2D eigenvalue weighted by molar-refractivity contribution is 6.01. The van der Waals surface area contributed by atoms with Crippen LogP contribution in [0.2, 0.25) is 0 Å². The van der Waals surface area contributed by atoms with Crippen LogP contribution >= 0.6 is 0 Å². The van der Waals surface area contributed by atoms with Gasteiger partial charge in [0.05, 0.1) is 11.4 Å². The Labute approximate surface area is 153 Å². The molecular weight excluding hydrogens is 330 g/mol. The lowest BCUT2D eigenvalue weighted by atomic mass is 10.2. The van der Waals surface area contributed by atoms with E-state index in [1.165, 1.54) is 17.9 Å². The number of aromatic nitrogens is 2. The maximum Gasteiger partial charge on any atom is 0.247 e. The summed E-state index contributed by atoms with van der Waals surface area (Å²) in [6.07, 6.45) is 3.61. The van der Waals surface area contributed by atoms with Gasteiger partial charge in [0.15, 0.2) is 0 Å². The third kappa shape index (κ3) is 4.44. The number of carbonyl (C=O) groups is 2. The smallest absolute Gasteiger partial charge is 0.247 e. The first-order valence-electron chi connectivity index (χ1n) is 8.27. The Morgan fingerprint density at radius 1 is 1.31 bits per heavy atom. The zero-order valence-electron chi connectivity index (χ0n) is 15.5. The lowest BCUT2D eigenvalue weighted by molar-refractivity contribution is -0.116. The summed E-state index contributed by atoms with van der Waals surface area (Å²) in [5, 5.41) is 5.87. The Balaban J connectivity index is 2.40. The highest BCUT2D eigenvalue weighted by Gasteiger charge is 2.15. The number of benzene rings is 1. The number of hydrogen-bond donors (Lipinski definition) is 2. The number of rotatable bonds is 6. The summed E-state index contributed by atoms with van der Waals surface area (Å²) in [5.74, 6) is 0.474. The molecular formula is C19H23N5O2. The Bertz CT molecular complexity index is 848. The second-order valence-electron chi connectivity index (χ2n) is 5.84. The summed E-state index contributed by atoms with van der Waals surface area (Å²) >= 11 is 0. The fourth-order valence-corrected chi connectivity index (χ4v) is 2.32. The number of nitrogens with one attached hydrogen (secondary N) is 2. The van der Waals surface area contributed by atoms with Gasteiger partial charge in [-0.3, -0.25) is 14.5 Å². The molecule has 2 amide bonds. The lowest BCUT2D eigenvalue weighted by Gasteiger charge is -2.19. The van der Waals surface area contributed by atoms with Gasteiger partial charge in [0.25, 0.3) is 0 Å². The first kappa shape index (κ1) is 19.1. The van der Waals surface area contributed by atoms with Gasteiger partial charge < -0.3 is 10.6 Å². The second kappa shape index (κ2) is 8.24. The molecule has 0 aliphatic heterocycles. The van der Waals surface area contributed by atoms with E-state index in [9.17, 15) is 9.59 Å². The molecule has 1 aromatic heterocycles. The maximum atomic E-state index is 11.7. The van der Waals surface area contributed by atoms with Gasteiger partial charge in [-0.15, -0.1) is 0 Å². The number of anilines is 4. The fraction of sp³-hybridized carbons (Fsp3) is 0.263. The van der Waals surface area contributed by atoms with Crippen molar-refractivity contribution in [2.45, 2.75) is 27.2 Å². The standard InChI is InChI=1S/C19H23N5O2/c1-6-14-11-20-19(23-18(14)24(5)13(4)25)22-16-10-12(3)8-9-15(16)21-17(26)7-2/h7-11H,2,6H2,1,3-5H3,(H,21,26)(H,20,22,23). The van der Waals surface area contributed by atoms with Crippen LogP contribution in [0.1, 0.15) is 25.0 Å². The Kier molecular flexibility index (Phi) is 6.06. The van der Waals surface area contributed by atoms with Crippen LogP contribution in [0.15, 0.2) is 37.1 Å². The van der Waals surface area contributed by atoms with Gasteiger partial charge in [0.2, 0.25) is 17.8 Å². The molecule has 1 heterocycles. The van der Waals surface area contributed by atoms with Crippen LogP contribution in [0.25, 0.3) is 0 Å². The molecule has 0 bridgehead atoms. The molecule has 1 aromatic carbocycles. The normalized spacial score (nSPS) is 10.2. The predicted octanol–water partition coefficient (Wildman–Crippen LogP) is 3.20. The van der Waals surface area contributed by atoms with E-state index in [-0.39, 0.29) is 11.8 Å². The van der Waals surface area contributed by atoms with Crippen LogP contribution in [-0.2, 0) is 16.0 Å². The predicted molar refractivity (Wildman–Crippen MR) is 104 cm³/mol. The van der Waals surface area contributed by atoms with Gasteiger partial charge in [-0.2, -0.15) is 4.98 Å². The van der Waals surface area contributed by atoms with Gasteiger partial charge in [-0.25, -0.2) is 4.98 Å². The Morgan fingerprint density at radius 2 is 2.04 bits per heavy atom. The number of carbonyl (C=O) groups excluding carboxylic acids is 2. The average Bonchev–Trinajstić information content (AvgIpc) is 2.63. The van der Waals surface area contributed by atoms with E-state index in [0.717, 1.165) is 11.1 Å². The molecule has 0 unspecified atom stereocenters. The van der Waals surface area contributed by atoms with E-state index in [0.29, 0.717) is 29.6 Å². The molecule has 26 heavy (non-hydrogen) atoms. The Morgan fingerprint density at radius 3 is 2.65 bits per heavy atom.